The molecule has 0 aliphatic heterocycles. The molecule has 0 heterocycles. The van der Waals surface area contributed by atoms with Gasteiger partial charge in [-0.25, -0.2) is 0 Å². The van der Waals surface area contributed by atoms with Gasteiger partial charge in [-0.3, -0.25) is 20.4 Å². The summed E-state index contributed by atoms with van der Waals surface area (Å²) in [5.41, 5.74) is 6.37. The number of halogens is 1. The third kappa shape index (κ3) is 4.65. The van der Waals surface area contributed by atoms with E-state index in [0.29, 0.717) is 15.6 Å². The third-order valence-electron chi connectivity index (χ3n) is 2.89. The molecule has 2 rings (SSSR count). The lowest BCUT2D eigenvalue weighted by Crippen LogP contribution is -2.41. The SMILES string of the molecule is CO/N=C/c1ccc(C(=O)NNC(=O)c2ccccc2Br)cc1. The van der Waals surface area contributed by atoms with E-state index in [1.165, 1.54) is 13.3 Å². The molecule has 6 nitrogen and oxygen atoms in total. The molecule has 2 aromatic rings. The number of amides is 2. The second kappa shape index (κ2) is 8.09. The zero-order valence-corrected chi connectivity index (χ0v) is 13.8. The van der Waals surface area contributed by atoms with Crippen LogP contribution in [0.25, 0.3) is 0 Å². The molecule has 0 aliphatic carbocycles. The van der Waals surface area contributed by atoms with Gasteiger partial charge in [0.25, 0.3) is 11.8 Å². The highest BCUT2D eigenvalue weighted by atomic mass is 79.9. The minimum atomic E-state index is -0.416. The molecule has 118 valence electrons. The maximum atomic E-state index is 12.0. The minimum Gasteiger partial charge on any atom is -0.399 e. The number of nitrogens with zero attached hydrogens (tertiary/aromatic N) is 1. The number of rotatable bonds is 4. The van der Waals surface area contributed by atoms with Gasteiger partial charge in [0, 0.05) is 10.0 Å². The molecule has 7 heteroatoms. The maximum Gasteiger partial charge on any atom is 0.270 e. The largest absolute Gasteiger partial charge is 0.399 e. The number of hydrazine groups is 1. The molecule has 0 fully saturated rings. The van der Waals surface area contributed by atoms with E-state index in [4.69, 9.17) is 0 Å². The average molecular weight is 376 g/mol. The van der Waals surface area contributed by atoms with E-state index in [9.17, 15) is 9.59 Å². The zero-order valence-electron chi connectivity index (χ0n) is 12.2. The Bertz CT molecular complexity index is 730. The normalized spacial score (nSPS) is 10.3. The van der Waals surface area contributed by atoms with Gasteiger partial charge < -0.3 is 4.84 Å². The number of carbonyl (C=O) groups is 2. The van der Waals surface area contributed by atoms with Gasteiger partial charge in [0.2, 0.25) is 0 Å². The van der Waals surface area contributed by atoms with Gasteiger partial charge in [-0.1, -0.05) is 29.4 Å². The van der Waals surface area contributed by atoms with E-state index in [1.807, 2.05) is 0 Å². The lowest BCUT2D eigenvalue weighted by atomic mass is 10.1. The van der Waals surface area contributed by atoms with Crippen LogP contribution in [0.5, 0.6) is 0 Å². The molecule has 0 aromatic heterocycles. The van der Waals surface area contributed by atoms with Crippen molar-refractivity contribution in [2.24, 2.45) is 5.16 Å². The van der Waals surface area contributed by atoms with Gasteiger partial charge in [0.1, 0.15) is 7.11 Å². The lowest BCUT2D eigenvalue weighted by Gasteiger charge is -2.08. The van der Waals surface area contributed by atoms with E-state index in [1.54, 1.807) is 48.5 Å². The summed E-state index contributed by atoms with van der Waals surface area (Å²) < 4.78 is 0.647. The molecule has 23 heavy (non-hydrogen) atoms. The molecule has 2 amide bonds. The lowest BCUT2D eigenvalue weighted by molar-refractivity contribution is 0.0846. The second-order valence-electron chi connectivity index (χ2n) is 4.43. The summed E-state index contributed by atoms with van der Waals surface area (Å²) in [6, 6.07) is 13.6. The molecule has 2 aromatic carbocycles. The Morgan fingerprint density at radius 1 is 1.04 bits per heavy atom. The van der Waals surface area contributed by atoms with Crippen LogP contribution in [0.3, 0.4) is 0 Å². The smallest absolute Gasteiger partial charge is 0.270 e. The van der Waals surface area contributed by atoms with Gasteiger partial charge in [0.05, 0.1) is 11.8 Å². The summed E-state index contributed by atoms with van der Waals surface area (Å²) in [5.74, 6) is -0.824. The number of nitrogens with one attached hydrogen (secondary N) is 2. The highest BCUT2D eigenvalue weighted by Crippen LogP contribution is 2.15. The van der Waals surface area contributed by atoms with Crippen molar-refractivity contribution in [3.8, 4) is 0 Å². The van der Waals surface area contributed by atoms with Gasteiger partial charge >= 0.3 is 0 Å². The van der Waals surface area contributed by atoms with Crippen molar-refractivity contribution < 1.29 is 14.4 Å². The molecule has 0 radical (unpaired) electrons. The van der Waals surface area contributed by atoms with Crippen molar-refractivity contribution in [2.75, 3.05) is 7.11 Å². The number of hydrogen-bond acceptors (Lipinski definition) is 4. The molecule has 0 unspecified atom stereocenters. The highest BCUT2D eigenvalue weighted by Gasteiger charge is 2.11. The van der Waals surface area contributed by atoms with E-state index in [0.717, 1.165) is 5.56 Å². The number of hydrogen-bond donors (Lipinski definition) is 2. The molecule has 0 aliphatic rings. The summed E-state index contributed by atoms with van der Waals surface area (Å²) in [6.45, 7) is 0. The predicted molar refractivity (Wildman–Crippen MR) is 90.1 cm³/mol. The van der Waals surface area contributed by atoms with Crippen molar-refractivity contribution in [2.45, 2.75) is 0 Å². The van der Waals surface area contributed by atoms with Crippen LogP contribution < -0.4 is 10.9 Å². The van der Waals surface area contributed by atoms with Gasteiger partial charge in [0.15, 0.2) is 0 Å². The standard InChI is InChI=1S/C16H14BrN3O3/c1-23-18-10-11-6-8-12(9-7-11)15(21)19-20-16(22)13-4-2-3-5-14(13)17/h2-10H,1H3,(H,19,21)(H,20,22)/b18-10+. The van der Waals surface area contributed by atoms with E-state index >= 15 is 0 Å². The molecule has 0 saturated heterocycles. The maximum absolute atomic E-state index is 12.0. The van der Waals surface area contributed by atoms with Crippen LogP contribution in [0.1, 0.15) is 26.3 Å². The first-order valence-corrected chi connectivity index (χ1v) is 7.43. The second-order valence-corrected chi connectivity index (χ2v) is 5.28. The summed E-state index contributed by atoms with van der Waals surface area (Å²) in [6.07, 6.45) is 1.52. The molecule has 0 atom stereocenters. The van der Waals surface area contributed by atoms with E-state index < -0.39 is 11.8 Å². The Morgan fingerprint density at radius 3 is 2.35 bits per heavy atom. The Labute approximate surface area is 141 Å². The number of benzene rings is 2. The Hall–Kier alpha value is -2.67. The average Bonchev–Trinajstić information content (AvgIpc) is 2.58. The fraction of sp³-hybridized carbons (Fsp3) is 0.0625. The van der Waals surface area contributed by atoms with Crippen molar-refractivity contribution in [3.05, 3.63) is 69.7 Å². The summed E-state index contributed by atoms with van der Waals surface area (Å²) >= 11 is 3.28. The molecule has 0 saturated carbocycles. The first-order valence-electron chi connectivity index (χ1n) is 6.63. The Morgan fingerprint density at radius 2 is 1.70 bits per heavy atom. The first kappa shape index (κ1) is 16.7. The first-order chi connectivity index (χ1) is 11.1. The number of oxime groups is 1. The fourth-order valence-electron chi connectivity index (χ4n) is 1.73. The minimum absolute atomic E-state index is 0.408. The van der Waals surface area contributed by atoms with Crippen LogP contribution in [0.2, 0.25) is 0 Å². The zero-order chi connectivity index (χ0) is 16.7. The van der Waals surface area contributed by atoms with Crippen LogP contribution in [0.15, 0.2) is 58.2 Å². The van der Waals surface area contributed by atoms with Crippen molar-refractivity contribution in [1.82, 2.24) is 10.9 Å². The Balaban J connectivity index is 1.96. The van der Waals surface area contributed by atoms with Crippen molar-refractivity contribution >= 4 is 34.0 Å². The van der Waals surface area contributed by atoms with E-state index in [2.05, 4.69) is 36.8 Å². The van der Waals surface area contributed by atoms with Gasteiger partial charge in [-0.2, -0.15) is 0 Å². The molecular weight excluding hydrogens is 362 g/mol. The van der Waals surface area contributed by atoms with Crippen LogP contribution in [-0.2, 0) is 4.84 Å². The van der Waals surface area contributed by atoms with Crippen LogP contribution >= 0.6 is 15.9 Å². The topological polar surface area (TPSA) is 79.8 Å². The fourth-order valence-corrected chi connectivity index (χ4v) is 2.20. The van der Waals surface area contributed by atoms with E-state index in [-0.39, 0.29) is 0 Å². The van der Waals surface area contributed by atoms with Crippen molar-refractivity contribution in [3.63, 3.8) is 0 Å². The molecule has 0 spiro atoms. The highest BCUT2D eigenvalue weighted by molar-refractivity contribution is 9.10. The molecule has 0 bridgehead atoms. The summed E-state index contributed by atoms with van der Waals surface area (Å²) in [7, 11) is 1.45. The summed E-state index contributed by atoms with van der Waals surface area (Å²) in [4.78, 5) is 28.6. The van der Waals surface area contributed by atoms with Crippen LogP contribution in [0.4, 0.5) is 0 Å². The van der Waals surface area contributed by atoms with Gasteiger partial charge in [-0.05, 0) is 45.8 Å². The van der Waals surface area contributed by atoms with Crippen molar-refractivity contribution in [1.29, 1.82) is 0 Å². The monoisotopic (exact) mass is 375 g/mol. The molecule has 2 N–H and O–H groups in total. The van der Waals surface area contributed by atoms with Crippen LogP contribution in [-0.4, -0.2) is 25.1 Å². The predicted octanol–water partition coefficient (Wildman–Crippen LogP) is 2.50. The quantitative estimate of drug-likeness (QED) is 0.636. The molecular formula is C16H14BrN3O3. The van der Waals surface area contributed by atoms with Crippen LogP contribution in [0, 0.1) is 0 Å². The van der Waals surface area contributed by atoms with Gasteiger partial charge in [-0.15, -0.1) is 0 Å². The Kier molecular flexibility index (Phi) is 5.87. The summed E-state index contributed by atoms with van der Waals surface area (Å²) in [5, 5.41) is 3.63. The third-order valence-corrected chi connectivity index (χ3v) is 3.58. The number of carbonyl (C=O) groups excluding carboxylic acids is 2.